The molecule has 0 saturated carbocycles. The molecule has 0 spiro atoms. The van der Waals surface area contributed by atoms with Crippen molar-refractivity contribution in [3.63, 3.8) is 0 Å². The third-order valence-corrected chi connectivity index (χ3v) is 4.78. The molecule has 0 bridgehead atoms. The van der Waals surface area contributed by atoms with Crippen molar-refractivity contribution in [1.82, 2.24) is 24.3 Å². The lowest BCUT2D eigenvalue weighted by molar-refractivity contribution is 0.0320. The quantitative estimate of drug-likeness (QED) is 0.608. The van der Waals surface area contributed by atoms with Crippen LogP contribution in [0.2, 0.25) is 0 Å². The number of aromatic nitrogens is 3. The Kier molecular flexibility index (Phi) is 5.93. The van der Waals surface area contributed by atoms with Crippen LogP contribution in [-0.4, -0.2) is 63.7 Å². The van der Waals surface area contributed by atoms with E-state index in [9.17, 15) is 0 Å². The maximum absolute atomic E-state index is 5.58. The van der Waals surface area contributed by atoms with Gasteiger partial charge in [-0.05, 0) is 30.3 Å². The van der Waals surface area contributed by atoms with E-state index in [0.717, 1.165) is 63.9 Å². The predicted molar refractivity (Wildman–Crippen MR) is 101 cm³/mol. The third-order valence-electron chi connectivity index (χ3n) is 4.78. The molecule has 7 heteroatoms. The second-order valence-electron chi connectivity index (χ2n) is 6.66. The minimum absolute atomic E-state index is 0.698. The number of rotatable bonds is 8. The molecule has 1 saturated heterocycles. The summed E-state index contributed by atoms with van der Waals surface area (Å²) in [5.41, 5.74) is 1.16. The van der Waals surface area contributed by atoms with Crippen molar-refractivity contribution >= 4 is 0 Å². The lowest BCUT2D eigenvalue weighted by Gasteiger charge is -2.29. The van der Waals surface area contributed by atoms with Gasteiger partial charge < -0.3 is 9.15 Å². The molecular weight excluding hydrogens is 342 g/mol. The lowest BCUT2D eigenvalue weighted by Crippen LogP contribution is -2.41. The van der Waals surface area contributed by atoms with Crippen LogP contribution < -0.4 is 0 Å². The maximum atomic E-state index is 5.58. The summed E-state index contributed by atoms with van der Waals surface area (Å²) in [4.78, 5) is 13.6. The fourth-order valence-corrected chi connectivity index (χ4v) is 3.33. The summed E-state index contributed by atoms with van der Waals surface area (Å²) in [5, 5.41) is 0. The molecule has 0 aliphatic carbocycles. The average molecular weight is 367 g/mol. The SMILES string of the molecule is c1cnc(-n2cccc2CN(CCN2CCOCC2)Cc2ccco2)nc1. The van der Waals surface area contributed by atoms with Crippen molar-refractivity contribution in [2.75, 3.05) is 39.4 Å². The van der Waals surface area contributed by atoms with Gasteiger partial charge in [-0.3, -0.25) is 14.4 Å². The summed E-state index contributed by atoms with van der Waals surface area (Å²) in [7, 11) is 0. The van der Waals surface area contributed by atoms with E-state index >= 15 is 0 Å². The second-order valence-corrected chi connectivity index (χ2v) is 6.66. The van der Waals surface area contributed by atoms with E-state index in [1.54, 1.807) is 18.7 Å². The van der Waals surface area contributed by atoms with Crippen LogP contribution in [0.3, 0.4) is 0 Å². The Balaban J connectivity index is 1.46. The summed E-state index contributed by atoms with van der Waals surface area (Å²) >= 11 is 0. The van der Waals surface area contributed by atoms with Crippen LogP contribution in [0.25, 0.3) is 5.95 Å². The molecule has 4 heterocycles. The van der Waals surface area contributed by atoms with Gasteiger partial charge in [0.05, 0.1) is 26.0 Å². The molecule has 4 rings (SSSR count). The van der Waals surface area contributed by atoms with Crippen molar-refractivity contribution < 1.29 is 9.15 Å². The zero-order chi connectivity index (χ0) is 18.3. The Morgan fingerprint density at radius 2 is 1.85 bits per heavy atom. The molecule has 1 fully saturated rings. The Labute approximate surface area is 159 Å². The number of furan rings is 1. The number of nitrogens with zero attached hydrogens (tertiary/aromatic N) is 5. The minimum Gasteiger partial charge on any atom is -0.468 e. The first-order valence-electron chi connectivity index (χ1n) is 9.37. The van der Waals surface area contributed by atoms with Crippen molar-refractivity contribution in [2.24, 2.45) is 0 Å². The highest BCUT2D eigenvalue weighted by Gasteiger charge is 2.16. The van der Waals surface area contributed by atoms with Gasteiger partial charge in [0, 0.05) is 57.0 Å². The lowest BCUT2D eigenvalue weighted by atomic mass is 10.3. The van der Waals surface area contributed by atoms with E-state index in [4.69, 9.17) is 9.15 Å². The Morgan fingerprint density at radius 1 is 1.00 bits per heavy atom. The van der Waals surface area contributed by atoms with Gasteiger partial charge in [0.1, 0.15) is 5.76 Å². The van der Waals surface area contributed by atoms with Crippen molar-refractivity contribution in [1.29, 1.82) is 0 Å². The predicted octanol–water partition coefficient (Wildman–Crippen LogP) is 2.19. The van der Waals surface area contributed by atoms with Gasteiger partial charge in [-0.25, -0.2) is 9.97 Å². The Hall–Kier alpha value is -2.48. The van der Waals surface area contributed by atoms with Crippen LogP contribution in [0.15, 0.2) is 59.6 Å². The summed E-state index contributed by atoms with van der Waals surface area (Å²) in [6, 6.07) is 9.97. The highest BCUT2D eigenvalue weighted by Crippen LogP contribution is 2.14. The third kappa shape index (κ3) is 4.82. The van der Waals surface area contributed by atoms with Gasteiger partial charge in [-0.1, -0.05) is 0 Å². The average Bonchev–Trinajstić information content (AvgIpc) is 3.40. The highest BCUT2D eigenvalue weighted by molar-refractivity contribution is 5.20. The summed E-state index contributed by atoms with van der Waals surface area (Å²) in [6.45, 7) is 7.22. The summed E-state index contributed by atoms with van der Waals surface area (Å²) in [6.07, 6.45) is 7.28. The zero-order valence-corrected chi connectivity index (χ0v) is 15.4. The van der Waals surface area contributed by atoms with E-state index in [0.29, 0.717) is 5.95 Å². The van der Waals surface area contributed by atoms with E-state index in [2.05, 4.69) is 25.8 Å². The topological polar surface area (TPSA) is 59.6 Å². The van der Waals surface area contributed by atoms with E-state index < -0.39 is 0 Å². The molecule has 3 aromatic rings. The molecule has 27 heavy (non-hydrogen) atoms. The highest BCUT2D eigenvalue weighted by atomic mass is 16.5. The van der Waals surface area contributed by atoms with Gasteiger partial charge in [-0.2, -0.15) is 0 Å². The van der Waals surface area contributed by atoms with Crippen molar-refractivity contribution in [3.05, 3.63) is 66.6 Å². The van der Waals surface area contributed by atoms with Crippen LogP contribution >= 0.6 is 0 Å². The molecule has 1 aliphatic rings. The molecule has 0 N–H and O–H groups in total. The molecule has 0 aromatic carbocycles. The molecule has 0 atom stereocenters. The molecule has 1 aliphatic heterocycles. The first-order valence-corrected chi connectivity index (χ1v) is 9.37. The van der Waals surface area contributed by atoms with Gasteiger partial charge >= 0.3 is 0 Å². The number of morpholine rings is 1. The monoisotopic (exact) mass is 367 g/mol. The van der Waals surface area contributed by atoms with Crippen LogP contribution in [-0.2, 0) is 17.8 Å². The van der Waals surface area contributed by atoms with Crippen LogP contribution in [0.5, 0.6) is 0 Å². The molecule has 0 radical (unpaired) electrons. The second kappa shape index (κ2) is 8.94. The molecule has 3 aromatic heterocycles. The largest absolute Gasteiger partial charge is 0.468 e. The molecule has 0 unspecified atom stereocenters. The normalized spacial score (nSPS) is 15.4. The Bertz CT molecular complexity index is 797. The van der Waals surface area contributed by atoms with Crippen LogP contribution in [0.4, 0.5) is 0 Å². The maximum Gasteiger partial charge on any atom is 0.233 e. The minimum atomic E-state index is 0.698. The van der Waals surface area contributed by atoms with Crippen molar-refractivity contribution in [3.8, 4) is 5.95 Å². The number of ether oxygens (including phenoxy) is 1. The fourth-order valence-electron chi connectivity index (χ4n) is 3.33. The summed E-state index contributed by atoms with van der Waals surface area (Å²) in [5.74, 6) is 1.68. The number of hydrogen-bond acceptors (Lipinski definition) is 6. The zero-order valence-electron chi connectivity index (χ0n) is 15.4. The van der Waals surface area contributed by atoms with Crippen molar-refractivity contribution in [2.45, 2.75) is 13.1 Å². The van der Waals surface area contributed by atoms with E-state index in [1.165, 1.54) is 0 Å². The summed E-state index contributed by atoms with van der Waals surface area (Å²) < 4.78 is 13.1. The molecule has 0 amide bonds. The van der Waals surface area contributed by atoms with Crippen LogP contribution in [0, 0.1) is 0 Å². The van der Waals surface area contributed by atoms with Gasteiger partial charge in [0.15, 0.2) is 0 Å². The first-order chi connectivity index (χ1) is 13.4. The molecule has 7 nitrogen and oxygen atoms in total. The van der Waals surface area contributed by atoms with Gasteiger partial charge in [-0.15, -0.1) is 0 Å². The smallest absolute Gasteiger partial charge is 0.233 e. The van der Waals surface area contributed by atoms with Gasteiger partial charge in [0.2, 0.25) is 5.95 Å². The van der Waals surface area contributed by atoms with E-state index in [1.807, 2.05) is 35.0 Å². The molecular formula is C20H25N5O2. The van der Waals surface area contributed by atoms with Crippen LogP contribution in [0.1, 0.15) is 11.5 Å². The standard InChI is InChI=1S/C20H25N5O2/c1-4-18(25(8-1)20-21-6-3-7-22-20)16-24(17-19-5-2-13-27-19)10-9-23-11-14-26-15-12-23/h1-8,13H,9-12,14-17H2. The number of hydrogen-bond donors (Lipinski definition) is 0. The fraction of sp³-hybridized carbons (Fsp3) is 0.400. The van der Waals surface area contributed by atoms with E-state index in [-0.39, 0.29) is 0 Å². The molecule has 142 valence electrons. The van der Waals surface area contributed by atoms with Gasteiger partial charge in [0.25, 0.3) is 0 Å². The first kappa shape index (κ1) is 17.9. The Morgan fingerprint density at radius 3 is 2.63 bits per heavy atom.